The smallest absolute Gasteiger partial charge is 0.175 e. The minimum Gasteiger partial charge on any atom is -0.387 e. The topological polar surface area (TPSA) is 66.4 Å². The van der Waals surface area contributed by atoms with Gasteiger partial charge in [-0.15, -0.1) is 11.3 Å². The van der Waals surface area contributed by atoms with Gasteiger partial charge in [0.25, 0.3) is 0 Å². The summed E-state index contributed by atoms with van der Waals surface area (Å²) in [7, 11) is -3.19. The number of rotatable bonds is 7. The molecular weight excluding hydrogens is 306 g/mol. The van der Waals surface area contributed by atoms with Gasteiger partial charge in [-0.05, 0) is 35.6 Å². The van der Waals surface area contributed by atoms with Gasteiger partial charge in [0, 0.05) is 24.2 Å². The molecule has 0 radical (unpaired) electrons. The summed E-state index contributed by atoms with van der Waals surface area (Å²) in [5.74, 6) is 0. The van der Waals surface area contributed by atoms with Crippen LogP contribution in [0.2, 0.25) is 0 Å². The molecule has 0 aliphatic heterocycles. The molecule has 0 fully saturated rings. The molecule has 1 aromatic heterocycles. The Labute approximate surface area is 129 Å². The number of sulfone groups is 1. The molecule has 1 unspecified atom stereocenters. The first kappa shape index (κ1) is 16.2. The summed E-state index contributed by atoms with van der Waals surface area (Å²) in [6.07, 6.45) is 1.48. The van der Waals surface area contributed by atoms with E-state index in [9.17, 15) is 13.5 Å². The SMILES string of the molecule is CS(=O)(=O)c1ccc(C(O)CNCCc2cccs2)cc1. The van der Waals surface area contributed by atoms with Gasteiger partial charge >= 0.3 is 0 Å². The third kappa shape index (κ3) is 4.93. The van der Waals surface area contributed by atoms with Crippen molar-refractivity contribution in [1.29, 1.82) is 0 Å². The maximum Gasteiger partial charge on any atom is 0.175 e. The van der Waals surface area contributed by atoms with Crippen molar-refractivity contribution in [2.75, 3.05) is 19.3 Å². The second kappa shape index (κ2) is 7.17. The van der Waals surface area contributed by atoms with E-state index in [-0.39, 0.29) is 4.90 Å². The zero-order chi connectivity index (χ0) is 15.3. The Morgan fingerprint density at radius 1 is 1.24 bits per heavy atom. The first-order valence-electron chi connectivity index (χ1n) is 6.68. The zero-order valence-corrected chi connectivity index (χ0v) is 13.5. The fourth-order valence-corrected chi connectivity index (χ4v) is 3.30. The van der Waals surface area contributed by atoms with Gasteiger partial charge < -0.3 is 10.4 Å². The minimum atomic E-state index is -3.19. The van der Waals surface area contributed by atoms with Crippen molar-refractivity contribution in [1.82, 2.24) is 5.32 Å². The molecule has 2 N–H and O–H groups in total. The predicted molar refractivity (Wildman–Crippen MR) is 85.4 cm³/mol. The largest absolute Gasteiger partial charge is 0.387 e. The lowest BCUT2D eigenvalue weighted by Crippen LogP contribution is -2.23. The van der Waals surface area contributed by atoms with E-state index in [0.29, 0.717) is 12.1 Å². The van der Waals surface area contributed by atoms with Crippen molar-refractivity contribution in [2.24, 2.45) is 0 Å². The Morgan fingerprint density at radius 2 is 1.95 bits per heavy atom. The molecule has 2 rings (SSSR count). The average molecular weight is 325 g/mol. The molecule has 0 amide bonds. The fraction of sp³-hybridized carbons (Fsp3) is 0.333. The second-order valence-electron chi connectivity index (χ2n) is 4.89. The molecule has 114 valence electrons. The van der Waals surface area contributed by atoms with Gasteiger partial charge in [0.05, 0.1) is 11.0 Å². The predicted octanol–water partition coefficient (Wildman–Crippen LogP) is 2.02. The highest BCUT2D eigenvalue weighted by Crippen LogP contribution is 2.16. The van der Waals surface area contributed by atoms with Crippen LogP contribution >= 0.6 is 11.3 Å². The van der Waals surface area contributed by atoms with Gasteiger partial charge in [-0.25, -0.2) is 8.42 Å². The van der Waals surface area contributed by atoms with Crippen molar-refractivity contribution in [3.05, 3.63) is 52.2 Å². The van der Waals surface area contributed by atoms with Crippen LogP contribution in [0, 0.1) is 0 Å². The van der Waals surface area contributed by atoms with Crippen LogP contribution in [0.15, 0.2) is 46.7 Å². The van der Waals surface area contributed by atoms with E-state index in [1.807, 2.05) is 11.4 Å². The summed E-state index contributed by atoms with van der Waals surface area (Å²) in [6, 6.07) is 10.5. The Balaban J connectivity index is 1.81. The molecule has 21 heavy (non-hydrogen) atoms. The number of hydrogen-bond donors (Lipinski definition) is 2. The Bertz CT molecular complexity index is 649. The van der Waals surface area contributed by atoms with Crippen LogP contribution in [0.1, 0.15) is 16.5 Å². The Hall–Kier alpha value is -1.21. The molecular formula is C15H19NO3S2. The van der Waals surface area contributed by atoms with E-state index in [2.05, 4.69) is 11.4 Å². The van der Waals surface area contributed by atoms with Crippen molar-refractivity contribution >= 4 is 21.2 Å². The minimum absolute atomic E-state index is 0.268. The summed E-state index contributed by atoms with van der Waals surface area (Å²) in [4.78, 5) is 1.58. The van der Waals surface area contributed by atoms with Crippen molar-refractivity contribution in [2.45, 2.75) is 17.4 Å². The third-order valence-electron chi connectivity index (χ3n) is 3.16. The fourth-order valence-electron chi connectivity index (χ4n) is 1.96. The highest BCUT2D eigenvalue weighted by molar-refractivity contribution is 7.90. The van der Waals surface area contributed by atoms with Crippen LogP contribution < -0.4 is 5.32 Å². The monoisotopic (exact) mass is 325 g/mol. The molecule has 1 heterocycles. The van der Waals surface area contributed by atoms with Gasteiger partial charge in [-0.3, -0.25) is 0 Å². The molecule has 0 saturated heterocycles. The lowest BCUT2D eigenvalue weighted by Gasteiger charge is -2.12. The summed E-state index contributed by atoms with van der Waals surface area (Å²) in [6.45, 7) is 1.25. The van der Waals surface area contributed by atoms with Gasteiger partial charge in [0.15, 0.2) is 9.84 Å². The molecule has 1 aromatic carbocycles. The Morgan fingerprint density at radius 3 is 2.52 bits per heavy atom. The number of hydrogen-bond acceptors (Lipinski definition) is 5. The van der Waals surface area contributed by atoms with E-state index >= 15 is 0 Å². The van der Waals surface area contributed by atoms with Gasteiger partial charge in [0.2, 0.25) is 0 Å². The molecule has 0 saturated carbocycles. The first-order valence-corrected chi connectivity index (χ1v) is 9.45. The van der Waals surface area contributed by atoms with E-state index in [4.69, 9.17) is 0 Å². The lowest BCUT2D eigenvalue weighted by molar-refractivity contribution is 0.175. The van der Waals surface area contributed by atoms with Gasteiger partial charge in [-0.2, -0.15) is 0 Å². The van der Waals surface area contributed by atoms with E-state index < -0.39 is 15.9 Å². The van der Waals surface area contributed by atoms with Crippen LogP contribution in [-0.4, -0.2) is 32.9 Å². The van der Waals surface area contributed by atoms with Crippen LogP contribution in [0.25, 0.3) is 0 Å². The quantitative estimate of drug-likeness (QED) is 0.764. The maximum absolute atomic E-state index is 11.4. The van der Waals surface area contributed by atoms with E-state index in [0.717, 1.165) is 13.0 Å². The van der Waals surface area contributed by atoms with Crippen LogP contribution in [-0.2, 0) is 16.3 Å². The third-order valence-corrected chi connectivity index (χ3v) is 5.22. The standard InChI is InChI=1S/C15H19NO3S2/c1-21(18,19)14-6-4-12(5-7-14)15(17)11-16-9-8-13-3-2-10-20-13/h2-7,10,15-17H,8-9,11H2,1H3. The molecule has 6 heteroatoms. The van der Waals surface area contributed by atoms with Crippen LogP contribution in [0.5, 0.6) is 0 Å². The Kier molecular flexibility index (Phi) is 5.52. The van der Waals surface area contributed by atoms with Crippen LogP contribution in [0.3, 0.4) is 0 Å². The number of aliphatic hydroxyl groups excluding tert-OH is 1. The first-order chi connectivity index (χ1) is 9.97. The number of benzene rings is 1. The summed E-state index contributed by atoms with van der Waals surface area (Å²) >= 11 is 1.72. The zero-order valence-electron chi connectivity index (χ0n) is 11.8. The highest BCUT2D eigenvalue weighted by Gasteiger charge is 2.10. The van der Waals surface area contributed by atoms with Crippen LogP contribution in [0.4, 0.5) is 0 Å². The highest BCUT2D eigenvalue weighted by atomic mass is 32.2. The number of aliphatic hydroxyl groups is 1. The molecule has 2 aromatic rings. The van der Waals surface area contributed by atoms with Gasteiger partial charge in [-0.1, -0.05) is 18.2 Å². The summed E-state index contributed by atoms with van der Waals surface area (Å²) < 4.78 is 22.7. The van der Waals surface area contributed by atoms with Crippen molar-refractivity contribution < 1.29 is 13.5 Å². The number of thiophene rings is 1. The van der Waals surface area contributed by atoms with Crippen molar-refractivity contribution in [3.63, 3.8) is 0 Å². The normalized spacial score (nSPS) is 13.2. The molecule has 0 spiro atoms. The van der Waals surface area contributed by atoms with Crippen molar-refractivity contribution in [3.8, 4) is 0 Å². The van der Waals surface area contributed by atoms with E-state index in [1.54, 1.807) is 23.5 Å². The number of nitrogens with one attached hydrogen (secondary N) is 1. The average Bonchev–Trinajstić information content (AvgIpc) is 2.96. The molecule has 0 aliphatic carbocycles. The molecule has 0 aliphatic rings. The molecule has 4 nitrogen and oxygen atoms in total. The lowest BCUT2D eigenvalue weighted by atomic mass is 10.1. The summed E-state index contributed by atoms with van der Waals surface area (Å²) in [5, 5.41) is 15.3. The maximum atomic E-state index is 11.4. The van der Waals surface area contributed by atoms with Gasteiger partial charge in [0.1, 0.15) is 0 Å². The molecule has 1 atom stereocenters. The second-order valence-corrected chi connectivity index (χ2v) is 7.94. The van der Waals surface area contributed by atoms with E-state index in [1.165, 1.54) is 23.3 Å². The summed E-state index contributed by atoms with van der Waals surface area (Å²) in [5.41, 5.74) is 0.714. The molecule has 0 bridgehead atoms.